The van der Waals surface area contributed by atoms with E-state index in [1.807, 2.05) is 30.3 Å². The number of aryl methyl sites for hydroxylation is 1. The molecule has 106 valence electrons. The van der Waals surface area contributed by atoms with Gasteiger partial charge in [-0.05, 0) is 25.5 Å². The standard InChI is InChI=1S/C13H15N3O3S/c1-10(13-14-11(2)15-19-13)16-20(17,18)9-8-12-6-4-3-5-7-12/h3-10,16H,1-2H3/b9-8+/t10-/m0/s1. The first-order valence-corrected chi connectivity index (χ1v) is 7.56. The average Bonchev–Trinajstić information content (AvgIpc) is 2.84. The smallest absolute Gasteiger partial charge is 0.244 e. The van der Waals surface area contributed by atoms with E-state index in [-0.39, 0.29) is 5.89 Å². The minimum absolute atomic E-state index is 0.235. The number of aromatic nitrogens is 2. The summed E-state index contributed by atoms with van der Waals surface area (Å²) in [6.45, 7) is 3.31. The van der Waals surface area contributed by atoms with E-state index < -0.39 is 16.1 Å². The molecule has 1 aromatic carbocycles. The normalized spacial score (nSPS) is 13.7. The maximum Gasteiger partial charge on any atom is 0.244 e. The second-order valence-electron chi connectivity index (χ2n) is 4.28. The van der Waals surface area contributed by atoms with Gasteiger partial charge in [0.2, 0.25) is 15.9 Å². The van der Waals surface area contributed by atoms with Gasteiger partial charge in [-0.25, -0.2) is 8.42 Å². The Bertz CT molecular complexity index is 693. The molecule has 2 aromatic rings. The highest BCUT2D eigenvalue weighted by Crippen LogP contribution is 2.11. The van der Waals surface area contributed by atoms with Crippen molar-refractivity contribution in [3.63, 3.8) is 0 Å². The van der Waals surface area contributed by atoms with Crippen LogP contribution in [-0.4, -0.2) is 18.6 Å². The third kappa shape index (κ3) is 4.01. The highest BCUT2D eigenvalue weighted by Gasteiger charge is 2.18. The number of rotatable bonds is 5. The van der Waals surface area contributed by atoms with Crippen LogP contribution in [0.1, 0.15) is 30.2 Å². The molecule has 2 rings (SSSR count). The summed E-state index contributed by atoms with van der Waals surface area (Å²) >= 11 is 0. The number of benzene rings is 1. The van der Waals surface area contributed by atoms with E-state index in [4.69, 9.17) is 4.52 Å². The first-order chi connectivity index (χ1) is 9.46. The summed E-state index contributed by atoms with van der Waals surface area (Å²) in [5.74, 6) is 0.699. The molecule has 20 heavy (non-hydrogen) atoms. The van der Waals surface area contributed by atoms with Gasteiger partial charge in [-0.2, -0.15) is 9.71 Å². The van der Waals surface area contributed by atoms with E-state index in [9.17, 15) is 8.42 Å². The molecule has 0 aliphatic carbocycles. The van der Waals surface area contributed by atoms with Crippen LogP contribution in [0.3, 0.4) is 0 Å². The first kappa shape index (κ1) is 14.4. The summed E-state index contributed by atoms with van der Waals surface area (Å²) < 4.78 is 31.2. The average molecular weight is 293 g/mol. The zero-order valence-electron chi connectivity index (χ0n) is 11.1. The van der Waals surface area contributed by atoms with Gasteiger partial charge in [-0.15, -0.1) is 0 Å². The number of nitrogens with one attached hydrogen (secondary N) is 1. The van der Waals surface area contributed by atoms with E-state index in [0.29, 0.717) is 5.82 Å². The minimum atomic E-state index is -3.58. The highest BCUT2D eigenvalue weighted by atomic mass is 32.2. The third-order valence-corrected chi connectivity index (χ3v) is 3.67. The van der Waals surface area contributed by atoms with Crippen molar-refractivity contribution in [1.29, 1.82) is 0 Å². The largest absolute Gasteiger partial charge is 0.338 e. The first-order valence-electron chi connectivity index (χ1n) is 6.02. The molecular weight excluding hydrogens is 278 g/mol. The summed E-state index contributed by atoms with van der Waals surface area (Å²) in [5, 5.41) is 4.74. The number of nitrogens with zero attached hydrogens (tertiary/aromatic N) is 2. The quantitative estimate of drug-likeness (QED) is 0.911. The van der Waals surface area contributed by atoms with Crippen molar-refractivity contribution < 1.29 is 12.9 Å². The fraction of sp³-hybridized carbons (Fsp3) is 0.231. The molecule has 1 N–H and O–H groups in total. The Morgan fingerprint density at radius 1 is 1.30 bits per heavy atom. The fourth-order valence-corrected chi connectivity index (χ4v) is 2.57. The number of hydrogen-bond donors (Lipinski definition) is 1. The van der Waals surface area contributed by atoms with Crippen molar-refractivity contribution in [3.05, 3.63) is 53.0 Å². The molecule has 1 atom stereocenters. The molecule has 0 saturated carbocycles. The van der Waals surface area contributed by atoms with Gasteiger partial charge in [0.15, 0.2) is 5.82 Å². The zero-order chi connectivity index (χ0) is 14.6. The monoisotopic (exact) mass is 293 g/mol. The Balaban J connectivity index is 2.06. The van der Waals surface area contributed by atoms with Crippen LogP contribution in [0.2, 0.25) is 0 Å². The zero-order valence-corrected chi connectivity index (χ0v) is 12.0. The van der Waals surface area contributed by atoms with Gasteiger partial charge in [-0.1, -0.05) is 35.5 Å². The molecule has 0 aliphatic heterocycles. The molecule has 0 saturated heterocycles. The van der Waals surface area contributed by atoms with E-state index >= 15 is 0 Å². The summed E-state index contributed by atoms with van der Waals surface area (Å²) in [6, 6.07) is 8.59. The summed E-state index contributed by atoms with van der Waals surface area (Å²) in [5.41, 5.74) is 0.805. The third-order valence-electron chi connectivity index (χ3n) is 2.49. The Hall–Kier alpha value is -1.99. The molecule has 0 amide bonds. The Kier molecular flexibility index (Phi) is 4.31. The lowest BCUT2D eigenvalue weighted by Crippen LogP contribution is -2.25. The van der Waals surface area contributed by atoms with Crippen molar-refractivity contribution >= 4 is 16.1 Å². The van der Waals surface area contributed by atoms with Gasteiger partial charge in [0, 0.05) is 5.41 Å². The summed E-state index contributed by atoms with van der Waals surface area (Å²) in [7, 11) is -3.58. The van der Waals surface area contributed by atoms with Gasteiger partial charge in [0.1, 0.15) is 0 Å². The number of hydrogen-bond acceptors (Lipinski definition) is 5. The van der Waals surface area contributed by atoms with Crippen molar-refractivity contribution in [2.24, 2.45) is 0 Å². The maximum atomic E-state index is 11.9. The van der Waals surface area contributed by atoms with Crippen molar-refractivity contribution in [2.45, 2.75) is 19.9 Å². The predicted molar refractivity (Wildman–Crippen MR) is 75.0 cm³/mol. The lowest BCUT2D eigenvalue weighted by molar-refractivity contribution is 0.351. The van der Waals surface area contributed by atoms with E-state index in [2.05, 4.69) is 14.9 Å². The minimum Gasteiger partial charge on any atom is -0.338 e. The lowest BCUT2D eigenvalue weighted by Gasteiger charge is -2.07. The van der Waals surface area contributed by atoms with Crippen LogP contribution in [0.15, 0.2) is 40.3 Å². The van der Waals surface area contributed by atoms with Crippen LogP contribution in [0.25, 0.3) is 6.08 Å². The van der Waals surface area contributed by atoms with Crippen molar-refractivity contribution in [2.75, 3.05) is 0 Å². The molecule has 0 aliphatic rings. The molecule has 0 spiro atoms. The topological polar surface area (TPSA) is 85.1 Å². The Labute approximate surface area is 117 Å². The summed E-state index contributed by atoms with van der Waals surface area (Å²) in [6.07, 6.45) is 1.52. The van der Waals surface area contributed by atoms with Gasteiger partial charge in [0.05, 0.1) is 6.04 Å². The van der Waals surface area contributed by atoms with Crippen LogP contribution < -0.4 is 4.72 Å². The Morgan fingerprint density at radius 3 is 2.60 bits per heavy atom. The molecule has 7 heteroatoms. The van der Waals surface area contributed by atoms with Crippen LogP contribution in [0, 0.1) is 6.92 Å². The van der Waals surface area contributed by atoms with Crippen molar-refractivity contribution in [1.82, 2.24) is 14.9 Å². The molecule has 6 nitrogen and oxygen atoms in total. The van der Waals surface area contributed by atoms with Crippen LogP contribution >= 0.6 is 0 Å². The van der Waals surface area contributed by atoms with Gasteiger partial charge >= 0.3 is 0 Å². The van der Waals surface area contributed by atoms with E-state index in [1.165, 1.54) is 6.08 Å². The van der Waals surface area contributed by atoms with Gasteiger partial charge in [0.25, 0.3) is 0 Å². The molecule has 0 bridgehead atoms. The Morgan fingerprint density at radius 2 is 2.00 bits per heavy atom. The highest BCUT2D eigenvalue weighted by molar-refractivity contribution is 7.92. The van der Waals surface area contributed by atoms with E-state index in [0.717, 1.165) is 11.0 Å². The summed E-state index contributed by atoms with van der Waals surface area (Å²) in [4.78, 5) is 3.98. The molecule has 0 unspecified atom stereocenters. The SMILES string of the molecule is Cc1noc([C@H](C)NS(=O)(=O)/C=C/c2ccccc2)n1. The fourth-order valence-electron chi connectivity index (χ4n) is 1.56. The molecule has 0 fully saturated rings. The second kappa shape index (κ2) is 5.98. The van der Waals surface area contributed by atoms with Crippen molar-refractivity contribution in [3.8, 4) is 0 Å². The van der Waals surface area contributed by atoms with Gasteiger partial charge in [-0.3, -0.25) is 0 Å². The molecule has 1 aromatic heterocycles. The molecule has 0 radical (unpaired) electrons. The van der Waals surface area contributed by atoms with Crippen LogP contribution in [-0.2, 0) is 10.0 Å². The number of sulfonamides is 1. The second-order valence-corrected chi connectivity index (χ2v) is 5.88. The molecule has 1 heterocycles. The van der Waals surface area contributed by atoms with Crippen LogP contribution in [0.5, 0.6) is 0 Å². The van der Waals surface area contributed by atoms with E-state index in [1.54, 1.807) is 13.8 Å². The van der Waals surface area contributed by atoms with Crippen LogP contribution in [0.4, 0.5) is 0 Å². The predicted octanol–water partition coefficient (Wildman–Crippen LogP) is 2.03. The van der Waals surface area contributed by atoms with Gasteiger partial charge < -0.3 is 4.52 Å². The molecular formula is C13H15N3O3S. The maximum absolute atomic E-state index is 11.9. The lowest BCUT2D eigenvalue weighted by atomic mass is 10.2.